The SMILES string of the molecule is C#CCCc1cc(OC)ccc1O. The molecule has 0 saturated heterocycles. The maximum atomic E-state index is 9.43. The Bertz CT molecular complexity index is 323. The van der Waals surface area contributed by atoms with E-state index in [1.54, 1.807) is 25.3 Å². The fraction of sp³-hybridized carbons (Fsp3) is 0.273. The molecule has 0 fully saturated rings. The number of hydrogen-bond acceptors (Lipinski definition) is 2. The molecule has 0 saturated carbocycles. The van der Waals surface area contributed by atoms with Gasteiger partial charge in [0, 0.05) is 6.42 Å². The van der Waals surface area contributed by atoms with Crippen LogP contribution in [0.1, 0.15) is 12.0 Å². The van der Waals surface area contributed by atoms with Gasteiger partial charge in [-0.15, -0.1) is 12.3 Å². The van der Waals surface area contributed by atoms with Gasteiger partial charge in [-0.3, -0.25) is 0 Å². The molecule has 1 aromatic carbocycles. The lowest BCUT2D eigenvalue weighted by Crippen LogP contribution is -1.88. The van der Waals surface area contributed by atoms with E-state index in [2.05, 4.69) is 5.92 Å². The van der Waals surface area contributed by atoms with Crippen LogP contribution in [0.3, 0.4) is 0 Å². The third kappa shape index (κ3) is 2.41. The topological polar surface area (TPSA) is 29.5 Å². The number of ether oxygens (including phenoxy) is 1. The average molecular weight is 176 g/mol. The molecular weight excluding hydrogens is 164 g/mol. The average Bonchev–Trinajstić information content (AvgIpc) is 2.17. The van der Waals surface area contributed by atoms with Gasteiger partial charge in [-0.25, -0.2) is 0 Å². The largest absolute Gasteiger partial charge is 0.508 e. The molecule has 0 atom stereocenters. The molecule has 0 aromatic heterocycles. The van der Waals surface area contributed by atoms with Crippen LogP contribution in [0.5, 0.6) is 11.5 Å². The zero-order valence-electron chi connectivity index (χ0n) is 7.58. The van der Waals surface area contributed by atoms with E-state index in [1.807, 2.05) is 0 Å². The van der Waals surface area contributed by atoms with E-state index < -0.39 is 0 Å². The Kier molecular flexibility index (Phi) is 3.22. The molecule has 0 spiro atoms. The van der Waals surface area contributed by atoms with Crippen molar-refractivity contribution in [2.45, 2.75) is 12.8 Å². The first kappa shape index (κ1) is 9.47. The van der Waals surface area contributed by atoms with Crippen LogP contribution in [0, 0.1) is 12.3 Å². The molecular formula is C11H12O2. The smallest absolute Gasteiger partial charge is 0.119 e. The van der Waals surface area contributed by atoms with Gasteiger partial charge in [0.25, 0.3) is 0 Å². The molecule has 0 aliphatic heterocycles. The normalized spacial score (nSPS) is 9.23. The Morgan fingerprint density at radius 2 is 2.31 bits per heavy atom. The van der Waals surface area contributed by atoms with Crippen LogP contribution in [-0.4, -0.2) is 12.2 Å². The van der Waals surface area contributed by atoms with Crippen LogP contribution in [0.15, 0.2) is 18.2 Å². The molecule has 1 rings (SSSR count). The number of aryl methyl sites for hydroxylation is 1. The fourth-order valence-electron chi connectivity index (χ4n) is 1.10. The third-order valence-corrected chi connectivity index (χ3v) is 1.83. The molecule has 0 radical (unpaired) electrons. The van der Waals surface area contributed by atoms with Crippen molar-refractivity contribution < 1.29 is 9.84 Å². The standard InChI is InChI=1S/C11H12O2/c1-3-4-5-9-8-10(13-2)6-7-11(9)12/h1,6-8,12H,4-5H2,2H3. The molecule has 0 bridgehead atoms. The number of rotatable bonds is 3. The first-order chi connectivity index (χ1) is 6.27. The molecule has 0 unspecified atom stereocenters. The summed E-state index contributed by atoms with van der Waals surface area (Å²) in [5.41, 5.74) is 0.831. The minimum atomic E-state index is 0.274. The highest BCUT2D eigenvalue weighted by Gasteiger charge is 2.01. The lowest BCUT2D eigenvalue weighted by molar-refractivity contribution is 0.411. The number of methoxy groups -OCH3 is 1. The number of phenols is 1. The minimum Gasteiger partial charge on any atom is -0.508 e. The van der Waals surface area contributed by atoms with Gasteiger partial charge in [-0.2, -0.15) is 0 Å². The summed E-state index contributed by atoms with van der Waals surface area (Å²) in [5.74, 6) is 3.54. The maximum Gasteiger partial charge on any atom is 0.119 e. The van der Waals surface area contributed by atoms with Crippen LogP contribution < -0.4 is 4.74 Å². The van der Waals surface area contributed by atoms with Gasteiger partial charge in [0.05, 0.1) is 7.11 Å². The molecule has 1 aromatic rings. The number of benzene rings is 1. The van der Waals surface area contributed by atoms with Crippen LogP contribution in [0.25, 0.3) is 0 Å². The van der Waals surface area contributed by atoms with Crippen molar-refractivity contribution in [2.24, 2.45) is 0 Å². The highest BCUT2D eigenvalue weighted by Crippen LogP contribution is 2.23. The van der Waals surface area contributed by atoms with Gasteiger partial charge in [-0.1, -0.05) is 0 Å². The summed E-state index contributed by atoms with van der Waals surface area (Å²) in [6.07, 6.45) is 6.44. The molecule has 0 amide bonds. The van der Waals surface area contributed by atoms with Crippen LogP contribution in [0.4, 0.5) is 0 Å². The van der Waals surface area contributed by atoms with E-state index in [0.717, 1.165) is 11.3 Å². The lowest BCUT2D eigenvalue weighted by atomic mass is 10.1. The van der Waals surface area contributed by atoms with Crippen molar-refractivity contribution in [3.05, 3.63) is 23.8 Å². The summed E-state index contributed by atoms with van der Waals surface area (Å²) in [7, 11) is 1.59. The zero-order valence-corrected chi connectivity index (χ0v) is 7.58. The van der Waals surface area contributed by atoms with Gasteiger partial charge >= 0.3 is 0 Å². The first-order valence-electron chi connectivity index (χ1n) is 4.07. The maximum absolute atomic E-state index is 9.43. The van der Waals surface area contributed by atoms with Crippen molar-refractivity contribution in [3.63, 3.8) is 0 Å². The van der Waals surface area contributed by atoms with Crippen molar-refractivity contribution in [3.8, 4) is 23.8 Å². The van der Waals surface area contributed by atoms with E-state index in [4.69, 9.17) is 11.2 Å². The van der Waals surface area contributed by atoms with Crippen molar-refractivity contribution in [1.82, 2.24) is 0 Å². The van der Waals surface area contributed by atoms with Crippen LogP contribution in [0.2, 0.25) is 0 Å². The van der Waals surface area contributed by atoms with Gasteiger partial charge in [0.2, 0.25) is 0 Å². The predicted octanol–water partition coefficient (Wildman–Crippen LogP) is 1.97. The summed E-state index contributed by atoms with van der Waals surface area (Å²) in [6.45, 7) is 0. The molecule has 0 aliphatic carbocycles. The highest BCUT2D eigenvalue weighted by molar-refractivity contribution is 5.39. The van der Waals surface area contributed by atoms with Gasteiger partial charge in [-0.05, 0) is 30.2 Å². The Hall–Kier alpha value is -1.62. The van der Waals surface area contributed by atoms with Crippen molar-refractivity contribution in [2.75, 3.05) is 7.11 Å². The number of phenolic OH excluding ortho intramolecular Hbond substituents is 1. The lowest BCUT2D eigenvalue weighted by Gasteiger charge is -2.05. The Morgan fingerprint density at radius 3 is 2.92 bits per heavy atom. The Balaban J connectivity index is 2.85. The summed E-state index contributed by atoms with van der Waals surface area (Å²) in [6, 6.07) is 5.13. The molecule has 2 nitrogen and oxygen atoms in total. The molecule has 1 N–H and O–H groups in total. The summed E-state index contributed by atoms with van der Waals surface area (Å²) < 4.78 is 5.03. The molecule has 13 heavy (non-hydrogen) atoms. The van der Waals surface area contributed by atoms with E-state index in [0.29, 0.717) is 12.8 Å². The van der Waals surface area contributed by atoms with Gasteiger partial charge in [0.1, 0.15) is 11.5 Å². The number of aromatic hydroxyl groups is 1. The first-order valence-corrected chi connectivity index (χ1v) is 4.07. The molecule has 0 heterocycles. The van der Waals surface area contributed by atoms with Crippen LogP contribution in [-0.2, 0) is 6.42 Å². The second-order valence-electron chi connectivity index (χ2n) is 2.70. The van der Waals surface area contributed by atoms with E-state index in [1.165, 1.54) is 0 Å². The molecule has 2 heteroatoms. The predicted molar refractivity (Wildman–Crippen MR) is 51.8 cm³/mol. The second-order valence-corrected chi connectivity index (χ2v) is 2.70. The Morgan fingerprint density at radius 1 is 1.54 bits per heavy atom. The van der Waals surface area contributed by atoms with Crippen LogP contribution >= 0.6 is 0 Å². The zero-order chi connectivity index (χ0) is 9.68. The van der Waals surface area contributed by atoms with E-state index in [-0.39, 0.29) is 5.75 Å². The molecule has 0 aliphatic rings. The monoisotopic (exact) mass is 176 g/mol. The summed E-state index contributed by atoms with van der Waals surface area (Å²) in [5, 5.41) is 9.43. The van der Waals surface area contributed by atoms with Crippen molar-refractivity contribution >= 4 is 0 Å². The molecule has 68 valence electrons. The van der Waals surface area contributed by atoms with Gasteiger partial charge < -0.3 is 9.84 Å². The Labute approximate surface area is 78.2 Å². The quantitative estimate of drug-likeness (QED) is 0.713. The highest BCUT2D eigenvalue weighted by atomic mass is 16.5. The minimum absolute atomic E-state index is 0.274. The second kappa shape index (κ2) is 4.42. The van der Waals surface area contributed by atoms with Crippen molar-refractivity contribution in [1.29, 1.82) is 0 Å². The van der Waals surface area contributed by atoms with E-state index >= 15 is 0 Å². The number of hydrogen-bond donors (Lipinski definition) is 1. The van der Waals surface area contributed by atoms with E-state index in [9.17, 15) is 5.11 Å². The van der Waals surface area contributed by atoms with Gasteiger partial charge in [0.15, 0.2) is 0 Å². The summed E-state index contributed by atoms with van der Waals surface area (Å²) >= 11 is 0. The summed E-state index contributed by atoms with van der Waals surface area (Å²) in [4.78, 5) is 0. The fourth-order valence-corrected chi connectivity index (χ4v) is 1.10. The third-order valence-electron chi connectivity index (χ3n) is 1.83. The number of terminal acetylenes is 1.